The second-order valence-corrected chi connectivity index (χ2v) is 7.55. The molecule has 0 aromatic heterocycles. The molecule has 4 rings (SSSR count). The predicted molar refractivity (Wildman–Crippen MR) is 90.9 cm³/mol. The Morgan fingerprint density at radius 2 is 1.71 bits per heavy atom. The SMILES string of the molecule is CCC(=O)c1ccc(OCC(=O)N2C[C@@H]3[C@@H]4CC[C@@H](C4)[C@@H]3C2)cc1. The third-order valence-electron chi connectivity index (χ3n) is 6.35. The molecule has 2 aliphatic carbocycles. The molecule has 1 aromatic carbocycles. The van der Waals surface area contributed by atoms with E-state index in [0.717, 1.165) is 36.8 Å². The average Bonchev–Trinajstić information content (AvgIpc) is 3.31. The van der Waals surface area contributed by atoms with Gasteiger partial charge in [-0.3, -0.25) is 9.59 Å². The van der Waals surface area contributed by atoms with Crippen LogP contribution in [0.4, 0.5) is 0 Å². The van der Waals surface area contributed by atoms with Crippen molar-refractivity contribution in [3.8, 4) is 5.75 Å². The standard InChI is InChI=1S/C20H25NO3/c1-2-19(22)13-5-7-16(8-6-13)24-12-20(23)21-10-17-14-3-4-15(9-14)18(17)11-21/h5-8,14-15,17-18H,2-4,9-12H2,1H3/t14-,15+,17-,18+. The average molecular weight is 327 g/mol. The van der Waals surface area contributed by atoms with Crippen molar-refractivity contribution < 1.29 is 14.3 Å². The minimum absolute atomic E-state index is 0.0931. The fourth-order valence-electron chi connectivity index (χ4n) is 5.06. The van der Waals surface area contributed by atoms with Crippen molar-refractivity contribution in [2.75, 3.05) is 19.7 Å². The first kappa shape index (κ1) is 15.7. The number of hydrogen-bond acceptors (Lipinski definition) is 3. The molecule has 0 radical (unpaired) electrons. The Morgan fingerprint density at radius 3 is 2.29 bits per heavy atom. The Kier molecular flexibility index (Phi) is 4.07. The van der Waals surface area contributed by atoms with Crippen LogP contribution in [0.15, 0.2) is 24.3 Å². The van der Waals surface area contributed by atoms with Gasteiger partial charge in [0.05, 0.1) is 0 Å². The molecule has 1 heterocycles. The highest BCUT2D eigenvalue weighted by atomic mass is 16.5. The van der Waals surface area contributed by atoms with Gasteiger partial charge < -0.3 is 9.64 Å². The summed E-state index contributed by atoms with van der Waals surface area (Å²) in [6.07, 6.45) is 4.63. The number of benzene rings is 1. The third-order valence-corrected chi connectivity index (χ3v) is 6.35. The van der Waals surface area contributed by atoms with Crippen molar-refractivity contribution >= 4 is 11.7 Å². The lowest BCUT2D eigenvalue weighted by atomic mass is 9.82. The molecule has 4 heteroatoms. The number of fused-ring (bicyclic) bond motifs is 5. The first-order valence-electron chi connectivity index (χ1n) is 9.19. The van der Waals surface area contributed by atoms with Crippen molar-refractivity contribution in [3.05, 3.63) is 29.8 Å². The molecular weight excluding hydrogens is 302 g/mol. The van der Waals surface area contributed by atoms with Crippen molar-refractivity contribution in [2.45, 2.75) is 32.6 Å². The molecule has 128 valence electrons. The normalized spacial score (nSPS) is 30.5. The summed E-state index contributed by atoms with van der Waals surface area (Å²) in [5, 5.41) is 0. The first-order valence-corrected chi connectivity index (χ1v) is 9.19. The Bertz CT molecular complexity index is 621. The number of likely N-dealkylation sites (tertiary alicyclic amines) is 1. The molecule has 24 heavy (non-hydrogen) atoms. The largest absolute Gasteiger partial charge is 0.484 e. The minimum atomic E-state index is 0.0931. The topological polar surface area (TPSA) is 46.6 Å². The fourth-order valence-corrected chi connectivity index (χ4v) is 5.06. The summed E-state index contributed by atoms with van der Waals surface area (Å²) in [5.74, 6) is 4.08. The Hall–Kier alpha value is -1.84. The van der Waals surface area contributed by atoms with Crippen LogP contribution in [-0.4, -0.2) is 36.3 Å². The molecule has 4 atom stereocenters. The smallest absolute Gasteiger partial charge is 0.260 e. The van der Waals surface area contributed by atoms with Gasteiger partial charge in [-0.2, -0.15) is 0 Å². The lowest BCUT2D eigenvalue weighted by Gasteiger charge is -2.22. The van der Waals surface area contributed by atoms with Crippen LogP contribution < -0.4 is 4.74 Å². The van der Waals surface area contributed by atoms with E-state index in [2.05, 4.69) is 0 Å². The number of nitrogens with zero attached hydrogens (tertiary/aromatic N) is 1. The Balaban J connectivity index is 1.30. The van der Waals surface area contributed by atoms with Gasteiger partial charge in [-0.05, 0) is 67.2 Å². The van der Waals surface area contributed by atoms with E-state index in [1.807, 2.05) is 11.8 Å². The van der Waals surface area contributed by atoms with Crippen molar-refractivity contribution in [1.29, 1.82) is 0 Å². The van der Waals surface area contributed by atoms with Crippen LogP contribution in [0, 0.1) is 23.7 Å². The molecule has 0 spiro atoms. The summed E-state index contributed by atoms with van der Waals surface area (Å²) in [4.78, 5) is 26.1. The van der Waals surface area contributed by atoms with E-state index >= 15 is 0 Å². The zero-order valence-electron chi connectivity index (χ0n) is 14.2. The molecule has 1 saturated heterocycles. The summed E-state index contributed by atoms with van der Waals surface area (Å²) in [5.41, 5.74) is 0.694. The number of carbonyl (C=O) groups excluding carboxylic acids is 2. The molecule has 3 fully saturated rings. The highest BCUT2D eigenvalue weighted by Crippen LogP contribution is 2.55. The summed E-state index contributed by atoms with van der Waals surface area (Å²) in [6, 6.07) is 7.08. The summed E-state index contributed by atoms with van der Waals surface area (Å²) in [7, 11) is 0. The molecule has 4 nitrogen and oxygen atoms in total. The number of hydrogen-bond donors (Lipinski definition) is 0. The van der Waals surface area contributed by atoms with E-state index < -0.39 is 0 Å². The van der Waals surface area contributed by atoms with Crippen LogP contribution in [-0.2, 0) is 4.79 Å². The fraction of sp³-hybridized carbons (Fsp3) is 0.600. The highest BCUT2D eigenvalue weighted by molar-refractivity contribution is 5.95. The van der Waals surface area contributed by atoms with Crippen LogP contribution in [0.1, 0.15) is 43.0 Å². The summed E-state index contributed by atoms with van der Waals surface area (Å²) >= 11 is 0. The number of rotatable bonds is 5. The van der Waals surface area contributed by atoms with Crippen LogP contribution >= 0.6 is 0 Å². The maximum atomic E-state index is 12.5. The minimum Gasteiger partial charge on any atom is -0.484 e. The van der Waals surface area contributed by atoms with E-state index in [9.17, 15) is 9.59 Å². The van der Waals surface area contributed by atoms with Crippen molar-refractivity contribution in [3.63, 3.8) is 0 Å². The Labute approximate surface area is 143 Å². The van der Waals surface area contributed by atoms with Crippen LogP contribution in [0.5, 0.6) is 5.75 Å². The quantitative estimate of drug-likeness (QED) is 0.781. The summed E-state index contributed by atoms with van der Waals surface area (Å²) < 4.78 is 5.64. The zero-order valence-corrected chi connectivity index (χ0v) is 14.2. The van der Waals surface area contributed by atoms with Gasteiger partial charge in [0.15, 0.2) is 12.4 Å². The molecule has 3 aliphatic rings. The molecule has 2 bridgehead atoms. The van der Waals surface area contributed by atoms with E-state index in [4.69, 9.17) is 4.74 Å². The van der Waals surface area contributed by atoms with Gasteiger partial charge in [0, 0.05) is 25.1 Å². The van der Waals surface area contributed by atoms with Gasteiger partial charge in [-0.25, -0.2) is 0 Å². The number of amides is 1. The maximum Gasteiger partial charge on any atom is 0.260 e. The molecule has 0 N–H and O–H groups in total. The molecular formula is C20H25NO3. The van der Waals surface area contributed by atoms with Crippen molar-refractivity contribution in [2.24, 2.45) is 23.7 Å². The molecule has 1 amide bonds. The molecule has 2 saturated carbocycles. The third kappa shape index (κ3) is 2.72. The number of Topliss-reactive ketones (excluding diaryl/α,β-unsaturated/α-hetero) is 1. The van der Waals surface area contributed by atoms with Crippen molar-refractivity contribution in [1.82, 2.24) is 4.90 Å². The van der Waals surface area contributed by atoms with Crippen LogP contribution in [0.25, 0.3) is 0 Å². The maximum absolute atomic E-state index is 12.5. The lowest BCUT2D eigenvalue weighted by molar-refractivity contribution is -0.132. The Morgan fingerprint density at radius 1 is 1.08 bits per heavy atom. The van der Waals surface area contributed by atoms with E-state index in [1.54, 1.807) is 24.3 Å². The van der Waals surface area contributed by atoms with E-state index in [-0.39, 0.29) is 18.3 Å². The zero-order chi connectivity index (χ0) is 16.7. The second kappa shape index (κ2) is 6.23. The highest BCUT2D eigenvalue weighted by Gasteiger charge is 2.52. The van der Waals surface area contributed by atoms with Gasteiger partial charge in [0.25, 0.3) is 5.91 Å². The van der Waals surface area contributed by atoms with E-state index in [0.29, 0.717) is 17.7 Å². The van der Waals surface area contributed by atoms with Gasteiger partial charge >= 0.3 is 0 Å². The first-order chi connectivity index (χ1) is 11.7. The predicted octanol–water partition coefficient (Wildman–Crippen LogP) is 3.16. The molecule has 1 aromatic rings. The van der Waals surface area contributed by atoms with Crippen LogP contribution in [0.3, 0.4) is 0 Å². The van der Waals surface area contributed by atoms with Gasteiger partial charge in [-0.1, -0.05) is 6.92 Å². The number of carbonyl (C=O) groups is 2. The van der Waals surface area contributed by atoms with E-state index in [1.165, 1.54) is 19.3 Å². The van der Waals surface area contributed by atoms with Gasteiger partial charge in [0.1, 0.15) is 5.75 Å². The monoisotopic (exact) mass is 327 g/mol. The molecule has 1 aliphatic heterocycles. The van der Waals surface area contributed by atoms with Gasteiger partial charge in [0.2, 0.25) is 0 Å². The number of ketones is 1. The summed E-state index contributed by atoms with van der Waals surface area (Å²) in [6.45, 7) is 3.80. The van der Waals surface area contributed by atoms with Gasteiger partial charge in [-0.15, -0.1) is 0 Å². The second-order valence-electron chi connectivity index (χ2n) is 7.55. The molecule has 0 unspecified atom stereocenters. The number of ether oxygens (including phenoxy) is 1. The lowest BCUT2D eigenvalue weighted by Crippen LogP contribution is -2.34. The van der Waals surface area contributed by atoms with Crippen LogP contribution in [0.2, 0.25) is 0 Å².